The van der Waals surface area contributed by atoms with E-state index in [4.69, 9.17) is 14.7 Å². The van der Waals surface area contributed by atoms with Crippen LogP contribution in [0.1, 0.15) is 36.5 Å². The second-order valence-electron chi connectivity index (χ2n) is 7.26. The van der Waals surface area contributed by atoms with Crippen LogP contribution < -0.4 is 14.4 Å². The molecule has 2 aromatic heterocycles. The van der Waals surface area contributed by atoms with Crippen molar-refractivity contribution in [2.75, 3.05) is 32.2 Å². The van der Waals surface area contributed by atoms with Gasteiger partial charge in [-0.3, -0.25) is 4.79 Å². The third kappa shape index (κ3) is 3.42. The van der Waals surface area contributed by atoms with E-state index in [-0.39, 0.29) is 17.8 Å². The third-order valence-electron chi connectivity index (χ3n) is 5.52. The lowest BCUT2D eigenvalue weighted by Gasteiger charge is -2.41. The second kappa shape index (κ2) is 7.54. The largest absolute Gasteiger partial charge is 0.481 e. The molecule has 0 radical (unpaired) electrons. The molecule has 2 aliphatic heterocycles. The van der Waals surface area contributed by atoms with Crippen molar-refractivity contribution >= 4 is 11.6 Å². The SMILES string of the molecule is COc1cc(N2CC(CC(=O)N3Cc4nc(C#N)nc(OC)c4C3C)C2)ccn1. The third-order valence-corrected chi connectivity index (χ3v) is 5.52. The van der Waals surface area contributed by atoms with E-state index < -0.39 is 0 Å². The molecule has 0 N–H and O–H groups in total. The molecule has 1 atom stereocenters. The first kappa shape index (κ1) is 18.9. The number of nitriles is 1. The van der Waals surface area contributed by atoms with Crippen LogP contribution in [-0.2, 0) is 11.3 Å². The number of hydrogen-bond donors (Lipinski definition) is 0. The van der Waals surface area contributed by atoms with Crippen LogP contribution in [-0.4, -0.2) is 53.1 Å². The molecule has 0 aliphatic carbocycles. The van der Waals surface area contributed by atoms with Crippen LogP contribution in [0.4, 0.5) is 5.69 Å². The van der Waals surface area contributed by atoms with Gasteiger partial charge in [0.1, 0.15) is 6.07 Å². The minimum Gasteiger partial charge on any atom is -0.481 e. The molecule has 4 heterocycles. The van der Waals surface area contributed by atoms with Crippen LogP contribution >= 0.6 is 0 Å². The Balaban J connectivity index is 1.39. The number of pyridine rings is 1. The molecule has 1 amide bonds. The van der Waals surface area contributed by atoms with Crippen LogP contribution in [0, 0.1) is 17.2 Å². The monoisotopic (exact) mass is 394 g/mol. The fourth-order valence-corrected chi connectivity index (χ4v) is 3.98. The summed E-state index contributed by atoms with van der Waals surface area (Å²) in [6, 6.07) is 5.60. The number of nitrogens with zero attached hydrogens (tertiary/aromatic N) is 6. The fraction of sp³-hybridized carbons (Fsp3) is 0.450. The molecule has 2 aliphatic rings. The molecule has 9 nitrogen and oxygen atoms in total. The van der Waals surface area contributed by atoms with Crippen molar-refractivity contribution in [3.05, 3.63) is 35.4 Å². The molecule has 1 saturated heterocycles. The van der Waals surface area contributed by atoms with Crippen molar-refractivity contribution in [2.45, 2.75) is 25.9 Å². The van der Waals surface area contributed by atoms with E-state index >= 15 is 0 Å². The highest BCUT2D eigenvalue weighted by Gasteiger charge is 2.38. The summed E-state index contributed by atoms with van der Waals surface area (Å²) >= 11 is 0. The minimum absolute atomic E-state index is 0.0597. The summed E-state index contributed by atoms with van der Waals surface area (Å²) in [5, 5.41) is 9.11. The predicted octanol–water partition coefficient (Wildman–Crippen LogP) is 1.69. The number of rotatable bonds is 5. The highest BCUT2D eigenvalue weighted by molar-refractivity contribution is 5.78. The van der Waals surface area contributed by atoms with Crippen LogP contribution in [0.5, 0.6) is 11.8 Å². The van der Waals surface area contributed by atoms with E-state index in [1.807, 2.05) is 25.1 Å². The number of methoxy groups -OCH3 is 2. The summed E-state index contributed by atoms with van der Waals surface area (Å²) in [6.45, 7) is 3.95. The molecular weight excluding hydrogens is 372 g/mol. The van der Waals surface area contributed by atoms with E-state index in [9.17, 15) is 4.79 Å². The van der Waals surface area contributed by atoms with Crippen molar-refractivity contribution < 1.29 is 14.3 Å². The molecule has 0 aromatic carbocycles. The van der Waals surface area contributed by atoms with Gasteiger partial charge in [-0.15, -0.1) is 0 Å². The topological polar surface area (TPSA) is 104 Å². The zero-order valence-corrected chi connectivity index (χ0v) is 16.6. The molecule has 9 heteroatoms. The number of carbonyl (C=O) groups is 1. The van der Waals surface area contributed by atoms with E-state index in [1.54, 1.807) is 18.2 Å². The average molecular weight is 394 g/mol. The van der Waals surface area contributed by atoms with E-state index in [0.717, 1.165) is 24.3 Å². The number of fused-ring (bicyclic) bond motifs is 1. The predicted molar refractivity (Wildman–Crippen MR) is 103 cm³/mol. The quantitative estimate of drug-likeness (QED) is 0.754. The van der Waals surface area contributed by atoms with Gasteiger partial charge in [-0.05, 0) is 13.0 Å². The number of aromatic nitrogens is 3. The van der Waals surface area contributed by atoms with Gasteiger partial charge in [0.15, 0.2) is 0 Å². The maximum absolute atomic E-state index is 12.9. The van der Waals surface area contributed by atoms with Crippen LogP contribution in [0.2, 0.25) is 0 Å². The smallest absolute Gasteiger partial charge is 0.235 e. The molecule has 0 spiro atoms. The van der Waals surface area contributed by atoms with Crippen molar-refractivity contribution in [2.24, 2.45) is 5.92 Å². The summed E-state index contributed by atoms with van der Waals surface area (Å²) in [5.41, 5.74) is 2.53. The molecule has 150 valence electrons. The van der Waals surface area contributed by atoms with E-state index in [1.165, 1.54) is 7.11 Å². The van der Waals surface area contributed by atoms with Gasteiger partial charge in [-0.1, -0.05) is 0 Å². The first-order valence-electron chi connectivity index (χ1n) is 9.43. The van der Waals surface area contributed by atoms with Crippen molar-refractivity contribution in [1.82, 2.24) is 19.9 Å². The maximum atomic E-state index is 12.9. The zero-order chi connectivity index (χ0) is 20.5. The van der Waals surface area contributed by atoms with Gasteiger partial charge in [0.05, 0.1) is 38.1 Å². The van der Waals surface area contributed by atoms with Crippen molar-refractivity contribution in [3.63, 3.8) is 0 Å². The molecular formula is C20H22N6O3. The Hall–Kier alpha value is -3.41. The van der Waals surface area contributed by atoms with Gasteiger partial charge in [0, 0.05) is 43.4 Å². The van der Waals surface area contributed by atoms with Gasteiger partial charge in [-0.2, -0.15) is 10.2 Å². The van der Waals surface area contributed by atoms with E-state index in [2.05, 4.69) is 19.9 Å². The summed E-state index contributed by atoms with van der Waals surface area (Å²) in [5.74, 6) is 1.38. The lowest BCUT2D eigenvalue weighted by Crippen LogP contribution is -2.48. The zero-order valence-electron chi connectivity index (χ0n) is 16.6. The van der Waals surface area contributed by atoms with Crippen molar-refractivity contribution in [1.29, 1.82) is 5.26 Å². The normalized spacial score (nSPS) is 18.1. The number of anilines is 1. The van der Waals surface area contributed by atoms with Crippen LogP contribution in [0.25, 0.3) is 0 Å². The molecule has 1 fully saturated rings. The highest BCUT2D eigenvalue weighted by atomic mass is 16.5. The summed E-state index contributed by atoms with van der Waals surface area (Å²) in [7, 11) is 3.11. The summed E-state index contributed by atoms with van der Waals surface area (Å²) < 4.78 is 10.5. The Bertz CT molecular complexity index is 983. The fourth-order valence-electron chi connectivity index (χ4n) is 3.98. The maximum Gasteiger partial charge on any atom is 0.235 e. The summed E-state index contributed by atoms with van der Waals surface area (Å²) in [4.78, 5) is 29.5. The van der Waals surface area contributed by atoms with Gasteiger partial charge < -0.3 is 19.3 Å². The standard InChI is InChI=1S/C20H22N6O3/c1-12-19-15(23-16(8-21)24-20(19)29-3)11-26(12)18(27)6-13-9-25(10-13)14-4-5-22-17(7-14)28-2/h4-5,7,12-13H,6,9-11H2,1-3H3. The molecule has 0 bridgehead atoms. The van der Waals surface area contributed by atoms with E-state index in [0.29, 0.717) is 36.3 Å². The van der Waals surface area contributed by atoms with Gasteiger partial charge in [-0.25, -0.2) is 9.97 Å². The number of carbonyl (C=O) groups excluding carboxylic acids is 1. The first-order chi connectivity index (χ1) is 14.0. The Morgan fingerprint density at radius 1 is 1.31 bits per heavy atom. The molecule has 2 aromatic rings. The molecule has 0 saturated carbocycles. The minimum atomic E-state index is -0.180. The van der Waals surface area contributed by atoms with Crippen LogP contribution in [0.3, 0.4) is 0 Å². The highest BCUT2D eigenvalue weighted by Crippen LogP contribution is 2.38. The van der Waals surface area contributed by atoms with Crippen molar-refractivity contribution in [3.8, 4) is 17.8 Å². The van der Waals surface area contributed by atoms with Gasteiger partial charge >= 0.3 is 0 Å². The first-order valence-corrected chi connectivity index (χ1v) is 9.43. The Labute approximate surface area is 168 Å². The molecule has 4 rings (SSSR count). The Morgan fingerprint density at radius 2 is 2.10 bits per heavy atom. The van der Waals surface area contributed by atoms with Crippen LogP contribution in [0.15, 0.2) is 18.3 Å². The molecule has 1 unspecified atom stereocenters. The Morgan fingerprint density at radius 3 is 2.79 bits per heavy atom. The lowest BCUT2D eigenvalue weighted by molar-refractivity contribution is -0.134. The number of hydrogen-bond acceptors (Lipinski definition) is 8. The average Bonchev–Trinajstić information content (AvgIpc) is 3.06. The second-order valence-corrected chi connectivity index (χ2v) is 7.26. The van der Waals surface area contributed by atoms with Gasteiger partial charge in [0.2, 0.25) is 23.5 Å². The Kier molecular flexibility index (Phi) is 4.92. The van der Waals surface area contributed by atoms with Gasteiger partial charge in [0.25, 0.3) is 0 Å². The molecule has 29 heavy (non-hydrogen) atoms. The number of amides is 1. The summed E-state index contributed by atoms with van der Waals surface area (Å²) in [6.07, 6.45) is 2.19. The lowest BCUT2D eigenvalue weighted by atomic mass is 9.94. The number of ether oxygens (including phenoxy) is 2.